The minimum absolute atomic E-state index is 0. The molecule has 4 rings (SSSR count). The average molecular weight is 569 g/mol. The number of carbonyl (C=O) groups is 2. The van der Waals surface area contributed by atoms with E-state index in [-0.39, 0.29) is 65.5 Å². The Hall–Kier alpha value is -1.37. The number of likely N-dealkylation sites (tertiary alicyclic amines) is 2. The third-order valence-electron chi connectivity index (χ3n) is 6.73. The molecular formula is C21H31F3IN5O2. The molecule has 2 amide bonds. The Balaban J connectivity index is 0.00000289. The first-order valence-corrected chi connectivity index (χ1v) is 11.1. The van der Waals surface area contributed by atoms with Gasteiger partial charge in [0, 0.05) is 38.8 Å². The Morgan fingerprint density at radius 2 is 1.84 bits per heavy atom. The first kappa shape index (κ1) is 25.3. The van der Waals surface area contributed by atoms with Gasteiger partial charge in [-0.05, 0) is 38.0 Å². The second-order valence-corrected chi connectivity index (χ2v) is 8.92. The van der Waals surface area contributed by atoms with Gasteiger partial charge < -0.3 is 10.6 Å². The predicted octanol–water partition coefficient (Wildman–Crippen LogP) is 1.99. The van der Waals surface area contributed by atoms with Crippen molar-refractivity contribution in [1.82, 2.24) is 20.4 Å². The molecule has 2 aliphatic heterocycles. The molecule has 0 radical (unpaired) electrons. The van der Waals surface area contributed by atoms with Crippen molar-refractivity contribution in [1.29, 1.82) is 0 Å². The van der Waals surface area contributed by atoms with Gasteiger partial charge in [-0.3, -0.25) is 24.4 Å². The van der Waals surface area contributed by atoms with Crippen LogP contribution in [-0.4, -0.2) is 79.1 Å². The summed E-state index contributed by atoms with van der Waals surface area (Å²) in [4.78, 5) is 32.7. The molecule has 2 heterocycles. The summed E-state index contributed by atoms with van der Waals surface area (Å²) in [5.41, 5.74) is 0. The maximum atomic E-state index is 12.7. The van der Waals surface area contributed by atoms with E-state index < -0.39 is 12.7 Å². The molecule has 2 N–H and O–H groups in total. The highest BCUT2D eigenvalue weighted by Gasteiger charge is 2.58. The molecule has 11 heteroatoms. The number of guanidine groups is 1. The number of aliphatic imine (C=N–C) groups is 1. The molecule has 2 aliphatic carbocycles. The first-order chi connectivity index (χ1) is 14.8. The highest BCUT2D eigenvalue weighted by atomic mass is 127. The van der Waals surface area contributed by atoms with Crippen LogP contribution >= 0.6 is 24.0 Å². The highest BCUT2D eigenvalue weighted by Crippen LogP contribution is 2.52. The van der Waals surface area contributed by atoms with Gasteiger partial charge >= 0.3 is 6.18 Å². The smallest absolute Gasteiger partial charge is 0.357 e. The van der Waals surface area contributed by atoms with Crippen molar-refractivity contribution in [3.05, 3.63) is 12.2 Å². The molecule has 2 saturated heterocycles. The molecule has 0 spiro atoms. The lowest BCUT2D eigenvalue weighted by molar-refractivity contribution is -0.144. The summed E-state index contributed by atoms with van der Waals surface area (Å²) in [5.74, 6) is 0.538. The molecule has 2 bridgehead atoms. The molecule has 0 aromatic heterocycles. The Morgan fingerprint density at radius 1 is 1.19 bits per heavy atom. The second-order valence-electron chi connectivity index (χ2n) is 8.92. The zero-order chi connectivity index (χ0) is 22.2. The minimum atomic E-state index is -4.19. The van der Waals surface area contributed by atoms with Crippen LogP contribution in [0.1, 0.15) is 26.2 Å². The van der Waals surface area contributed by atoms with Crippen LogP contribution < -0.4 is 10.6 Å². The summed E-state index contributed by atoms with van der Waals surface area (Å²) in [7, 11) is 0. The molecule has 1 saturated carbocycles. The van der Waals surface area contributed by atoms with E-state index in [1.165, 1.54) is 9.80 Å². The van der Waals surface area contributed by atoms with E-state index in [2.05, 4.69) is 27.8 Å². The summed E-state index contributed by atoms with van der Waals surface area (Å²) >= 11 is 0. The Bertz CT molecular complexity index is 745. The second kappa shape index (κ2) is 10.3. The van der Waals surface area contributed by atoms with E-state index in [0.717, 1.165) is 6.42 Å². The van der Waals surface area contributed by atoms with E-state index >= 15 is 0 Å². The van der Waals surface area contributed by atoms with Crippen molar-refractivity contribution in [2.45, 2.75) is 38.4 Å². The number of rotatable bonds is 7. The number of nitrogens with zero attached hydrogens (tertiary/aromatic N) is 3. The summed E-state index contributed by atoms with van der Waals surface area (Å²) in [6.07, 6.45) is 2.07. The van der Waals surface area contributed by atoms with E-state index in [1.807, 2.05) is 6.92 Å². The first-order valence-electron chi connectivity index (χ1n) is 11.1. The zero-order valence-corrected chi connectivity index (χ0v) is 20.4. The lowest BCUT2D eigenvalue weighted by atomic mass is 9.85. The van der Waals surface area contributed by atoms with E-state index in [4.69, 9.17) is 0 Å². The van der Waals surface area contributed by atoms with Gasteiger partial charge in [0.1, 0.15) is 0 Å². The molecule has 0 aromatic rings. The van der Waals surface area contributed by atoms with Crippen molar-refractivity contribution in [2.75, 3.05) is 39.3 Å². The van der Waals surface area contributed by atoms with Crippen molar-refractivity contribution in [3.63, 3.8) is 0 Å². The lowest BCUT2D eigenvalue weighted by Gasteiger charge is -2.20. The maximum Gasteiger partial charge on any atom is 0.401 e. The minimum Gasteiger partial charge on any atom is -0.357 e. The topological polar surface area (TPSA) is 77.0 Å². The van der Waals surface area contributed by atoms with Gasteiger partial charge in [0.05, 0.1) is 18.4 Å². The van der Waals surface area contributed by atoms with Gasteiger partial charge in [0.25, 0.3) is 0 Å². The van der Waals surface area contributed by atoms with Crippen molar-refractivity contribution < 1.29 is 22.8 Å². The zero-order valence-electron chi connectivity index (χ0n) is 18.1. The van der Waals surface area contributed by atoms with Crippen molar-refractivity contribution in [3.8, 4) is 0 Å². The van der Waals surface area contributed by atoms with Gasteiger partial charge in [-0.1, -0.05) is 12.2 Å². The van der Waals surface area contributed by atoms with Gasteiger partial charge in [0.15, 0.2) is 5.96 Å². The molecule has 4 aliphatic rings. The molecule has 32 heavy (non-hydrogen) atoms. The molecular weight excluding hydrogens is 538 g/mol. The summed E-state index contributed by atoms with van der Waals surface area (Å²) in [6.45, 7) is 3.16. The number of fused-ring (bicyclic) bond motifs is 5. The lowest BCUT2D eigenvalue weighted by Crippen LogP contribution is -2.45. The Kier molecular flexibility index (Phi) is 8.11. The van der Waals surface area contributed by atoms with Crippen LogP contribution in [-0.2, 0) is 9.59 Å². The number of carbonyl (C=O) groups excluding carboxylic acids is 2. The number of nitrogens with one attached hydrogen (secondary N) is 2. The summed E-state index contributed by atoms with van der Waals surface area (Å²) in [6, 6.07) is -0.0933. The number of allylic oxidation sites excluding steroid dienone is 2. The van der Waals surface area contributed by atoms with Crippen LogP contribution in [0.3, 0.4) is 0 Å². The molecule has 5 atom stereocenters. The summed E-state index contributed by atoms with van der Waals surface area (Å²) in [5, 5.41) is 6.32. The van der Waals surface area contributed by atoms with Crippen LogP contribution in [0.4, 0.5) is 13.2 Å². The largest absolute Gasteiger partial charge is 0.401 e. The quantitative estimate of drug-likeness (QED) is 0.123. The fraction of sp³-hybridized carbons (Fsp3) is 0.762. The summed E-state index contributed by atoms with van der Waals surface area (Å²) < 4.78 is 37.7. The number of hydrogen-bond donors (Lipinski definition) is 2. The van der Waals surface area contributed by atoms with E-state index in [9.17, 15) is 22.8 Å². The van der Waals surface area contributed by atoms with Crippen LogP contribution in [0.25, 0.3) is 0 Å². The number of imide groups is 1. The molecule has 180 valence electrons. The maximum absolute atomic E-state index is 12.7. The fourth-order valence-corrected chi connectivity index (χ4v) is 5.47. The van der Waals surface area contributed by atoms with Crippen LogP contribution in [0.2, 0.25) is 0 Å². The standard InChI is InChI=1S/C21H30F3N5O2.HI/c1-2-25-20(27-15-6-9-28(11-15)12-21(22,23)24)26-7-3-8-29-18(30)16-13-4-5-14(10-13)17(16)19(29)31;/h4-5,13-17H,2-3,6-12H2,1H3,(H2,25,26,27);1H. The van der Waals surface area contributed by atoms with Crippen molar-refractivity contribution >= 4 is 41.8 Å². The van der Waals surface area contributed by atoms with Gasteiger partial charge in [-0.25, -0.2) is 0 Å². The van der Waals surface area contributed by atoms with Crippen LogP contribution in [0.5, 0.6) is 0 Å². The van der Waals surface area contributed by atoms with E-state index in [1.54, 1.807) is 0 Å². The Labute approximate surface area is 203 Å². The van der Waals surface area contributed by atoms with Crippen LogP contribution in [0.15, 0.2) is 17.1 Å². The number of hydrogen-bond acceptors (Lipinski definition) is 4. The fourth-order valence-electron chi connectivity index (χ4n) is 5.47. The van der Waals surface area contributed by atoms with Gasteiger partial charge in [-0.2, -0.15) is 13.2 Å². The number of halogens is 4. The SMILES string of the molecule is CCNC(=NCCCN1C(=O)C2C3C=CC(C3)C2C1=O)NC1CCN(CC(F)(F)F)C1.I. The normalized spacial score (nSPS) is 31.9. The predicted molar refractivity (Wildman–Crippen MR) is 124 cm³/mol. The molecule has 5 unspecified atom stereocenters. The number of alkyl halides is 3. The van der Waals surface area contributed by atoms with Gasteiger partial charge in [-0.15, -0.1) is 24.0 Å². The van der Waals surface area contributed by atoms with Crippen molar-refractivity contribution in [2.24, 2.45) is 28.7 Å². The third-order valence-corrected chi connectivity index (χ3v) is 6.73. The van der Waals surface area contributed by atoms with E-state index in [0.29, 0.717) is 51.5 Å². The monoisotopic (exact) mass is 569 g/mol. The third kappa shape index (κ3) is 5.40. The average Bonchev–Trinajstić information content (AvgIpc) is 3.45. The molecule has 7 nitrogen and oxygen atoms in total. The number of amides is 2. The molecule has 3 fully saturated rings. The van der Waals surface area contributed by atoms with Gasteiger partial charge in [0.2, 0.25) is 11.8 Å². The Morgan fingerprint density at radius 3 is 2.44 bits per heavy atom. The van der Waals surface area contributed by atoms with Crippen LogP contribution in [0, 0.1) is 23.7 Å². The highest BCUT2D eigenvalue weighted by molar-refractivity contribution is 14.0. The molecule has 0 aromatic carbocycles.